The highest BCUT2D eigenvalue weighted by Crippen LogP contribution is 2.20. The van der Waals surface area contributed by atoms with Gasteiger partial charge in [0.2, 0.25) is 0 Å². The van der Waals surface area contributed by atoms with Crippen molar-refractivity contribution in [3.05, 3.63) is 48.0 Å². The van der Waals surface area contributed by atoms with Crippen molar-refractivity contribution in [2.45, 2.75) is 32.2 Å². The fourth-order valence-corrected chi connectivity index (χ4v) is 2.43. The van der Waals surface area contributed by atoms with Crippen LogP contribution >= 0.6 is 0 Å². The van der Waals surface area contributed by atoms with Gasteiger partial charge in [0.1, 0.15) is 0 Å². The predicted molar refractivity (Wildman–Crippen MR) is 75.4 cm³/mol. The molecule has 2 aromatic carbocycles. The van der Waals surface area contributed by atoms with Crippen LogP contribution in [0.2, 0.25) is 0 Å². The van der Waals surface area contributed by atoms with Crippen molar-refractivity contribution in [3.8, 4) is 0 Å². The number of nitrogens with one attached hydrogen (secondary N) is 1. The van der Waals surface area contributed by atoms with Gasteiger partial charge >= 0.3 is 0 Å². The average Bonchev–Trinajstić information content (AvgIpc) is 2.38. The molecule has 0 amide bonds. The van der Waals surface area contributed by atoms with E-state index in [1.54, 1.807) is 0 Å². The van der Waals surface area contributed by atoms with Crippen LogP contribution in [-0.4, -0.2) is 13.1 Å². The summed E-state index contributed by atoms with van der Waals surface area (Å²) < 4.78 is 0. The molecule has 1 nitrogen and oxygen atoms in total. The van der Waals surface area contributed by atoms with E-state index in [0.29, 0.717) is 6.04 Å². The van der Waals surface area contributed by atoms with Gasteiger partial charge in [0.05, 0.1) is 0 Å². The summed E-state index contributed by atoms with van der Waals surface area (Å²) in [5.74, 6) is 0. The van der Waals surface area contributed by atoms with Crippen LogP contribution in [0, 0.1) is 0 Å². The lowest BCUT2D eigenvalue weighted by molar-refractivity contribution is 0.515. The van der Waals surface area contributed by atoms with Crippen LogP contribution in [0.4, 0.5) is 0 Å². The van der Waals surface area contributed by atoms with Gasteiger partial charge in [-0.25, -0.2) is 0 Å². The Morgan fingerprint density at radius 1 is 1.06 bits per heavy atom. The fraction of sp³-hybridized carbons (Fsp3) is 0.375. The molecule has 0 aliphatic rings. The van der Waals surface area contributed by atoms with Gasteiger partial charge in [-0.15, -0.1) is 0 Å². The highest BCUT2D eigenvalue weighted by Gasteiger charge is 2.08. The Kier molecular flexibility index (Phi) is 4.16. The fourth-order valence-electron chi connectivity index (χ4n) is 2.43. The van der Waals surface area contributed by atoms with Gasteiger partial charge < -0.3 is 5.32 Å². The maximum Gasteiger partial charge on any atom is 0.0105 e. The maximum atomic E-state index is 3.42. The zero-order valence-corrected chi connectivity index (χ0v) is 10.7. The van der Waals surface area contributed by atoms with Gasteiger partial charge in [-0.3, -0.25) is 0 Å². The summed E-state index contributed by atoms with van der Waals surface area (Å²) in [4.78, 5) is 0. The van der Waals surface area contributed by atoms with E-state index in [1.165, 1.54) is 29.2 Å². The number of rotatable bonds is 5. The SMILES string of the molecule is CCCC(Cc1cccc2ccccc12)NC. The Balaban J connectivity index is 2.28. The third-order valence-electron chi connectivity index (χ3n) is 3.39. The molecule has 0 aliphatic carbocycles. The molecule has 1 atom stereocenters. The number of hydrogen-bond donors (Lipinski definition) is 1. The van der Waals surface area contributed by atoms with E-state index >= 15 is 0 Å². The van der Waals surface area contributed by atoms with Crippen LogP contribution in [0.15, 0.2) is 42.5 Å². The lowest BCUT2D eigenvalue weighted by Gasteiger charge is -2.16. The topological polar surface area (TPSA) is 12.0 Å². The van der Waals surface area contributed by atoms with Crippen molar-refractivity contribution < 1.29 is 0 Å². The molecular formula is C16H21N. The number of hydrogen-bond acceptors (Lipinski definition) is 1. The minimum Gasteiger partial charge on any atom is -0.317 e. The molecule has 0 heterocycles. The van der Waals surface area contributed by atoms with Crippen molar-refractivity contribution >= 4 is 10.8 Å². The zero-order chi connectivity index (χ0) is 12.1. The summed E-state index contributed by atoms with van der Waals surface area (Å²) in [5.41, 5.74) is 1.45. The summed E-state index contributed by atoms with van der Waals surface area (Å²) in [6, 6.07) is 15.8. The second-order valence-electron chi connectivity index (χ2n) is 4.62. The molecule has 17 heavy (non-hydrogen) atoms. The van der Waals surface area contributed by atoms with Gasteiger partial charge in [-0.05, 0) is 36.2 Å². The molecule has 1 N–H and O–H groups in total. The molecule has 0 bridgehead atoms. The summed E-state index contributed by atoms with van der Waals surface area (Å²) in [5, 5.41) is 6.15. The highest BCUT2D eigenvalue weighted by atomic mass is 14.9. The Labute approximate surface area is 104 Å². The first kappa shape index (κ1) is 12.1. The Morgan fingerprint density at radius 2 is 1.82 bits per heavy atom. The molecule has 0 aliphatic heterocycles. The number of benzene rings is 2. The summed E-state index contributed by atoms with van der Waals surface area (Å²) in [6.45, 7) is 2.24. The first-order chi connectivity index (χ1) is 8.35. The summed E-state index contributed by atoms with van der Waals surface area (Å²) in [7, 11) is 2.06. The van der Waals surface area contributed by atoms with Gasteiger partial charge in [-0.2, -0.15) is 0 Å². The summed E-state index contributed by atoms with van der Waals surface area (Å²) >= 11 is 0. The first-order valence-corrected chi connectivity index (χ1v) is 6.49. The van der Waals surface area contributed by atoms with E-state index in [0.717, 1.165) is 6.42 Å². The molecule has 90 valence electrons. The van der Waals surface area contributed by atoms with Gasteiger partial charge in [0, 0.05) is 6.04 Å². The molecule has 0 spiro atoms. The lowest BCUT2D eigenvalue weighted by atomic mass is 9.97. The Morgan fingerprint density at radius 3 is 2.59 bits per heavy atom. The van der Waals surface area contributed by atoms with Gasteiger partial charge in [0.25, 0.3) is 0 Å². The molecule has 0 radical (unpaired) electrons. The zero-order valence-electron chi connectivity index (χ0n) is 10.7. The van der Waals surface area contributed by atoms with Crippen LogP contribution in [0.5, 0.6) is 0 Å². The highest BCUT2D eigenvalue weighted by molar-refractivity contribution is 5.85. The first-order valence-electron chi connectivity index (χ1n) is 6.49. The minimum atomic E-state index is 0.589. The van der Waals surface area contributed by atoms with Crippen LogP contribution in [-0.2, 0) is 6.42 Å². The third kappa shape index (κ3) is 2.86. The molecule has 1 unspecified atom stereocenters. The molecule has 0 saturated carbocycles. The monoisotopic (exact) mass is 227 g/mol. The summed E-state index contributed by atoms with van der Waals surface area (Å²) in [6.07, 6.45) is 3.59. The molecule has 2 aromatic rings. The molecule has 2 rings (SSSR count). The van der Waals surface area contributed by atoms with E-state index < -0.39 is 0 Å². The van der Waals surface area contributed by atoms with Crippen LogP contribution in [0.1, 0.15) is 25.3 Å². The van der Waals surface area contributed by atoms with Crippen LogP contribution in [0.3, 0.4) is 0 Å². The van der Waals surface area contributed by atoms with E-state index in [2.05, 4.69) is 61.8 Å². The van der Waals surface area contributed by atoms with Crippen LogP contribution in [0.25, 0.3) is 10.8 Å². The molecule has 0 saturated heterocycles. The average molecular weight is 227 g/mol. The van der Waals surface area contributed by atoms with Crippen molar-refractivity contribution in [1.29, 1.82) is 0 Å². The molecule has 1 heteroatoms. The number of fused-ring (bicyclic) bond motifs is 1. The van der Waals surface area contributed by atoms with E-state index in [-0.39, 0.29) is 0 Å². The number of likely N-dealkylation sites (N-methyl/N-ethyl adjacent to an activating group) is 1. The van der Waals surface area contributed by atoms with E-state index in [1.807, 2.05) is 0 Å². The molecule has 0 fully saturated rings. The van der Waals surface area contributed by atoms with Crippen molar-refractivity contribution in [3.63, 3.8) is 0 Å². The van der Waals surface area contributed by atoms with Crippen LogP contribution < -0.4 is 5.32 Å². The van der Waals surface area contributed by atoms with Crippen molar-refractivity contribution in [2.24, 2.45) is 0 Å². The van der Waals surface area contributed by atoms with Gasteiger partial charge in [-0.1, -0.05) is 55.8 Å². The third-order valence-corrected chi connectivity index (χ3v) is 3.39. The second-order valence-corrected chi connectivity index (χ2v) is 4.62. The predicted octanol–water partition coefficient (Wildman–Crippen LogP) is 3.77. The van der Waals surface area contributed by atoms with E-state index in [4.69, 9.17) is 0 Å². The maximum absolute atomic E-state index is 3.42. The molecule has 0 aromatic heterocycles. The Bertz CT molecular complexity index is 470. The minimum absolute atomic E-state index is 0.589. The smallest absolute Gasteiger partial charge is 0.0105 e. The molecular weight excluding hydrogens is 206 g/mol. The standard InChI is InChI=1S/C16H21N/c1-3-7-15(17-2)12-14-10-6-9-13-8-4-5-11-16(13)14/h4-6,8-11,15,17H,3,7,12H2,1-2H3. The normalized spacial score (nSPS) is 12.8. The largest absolute Gasteiger partial charge is 0.317 e. The van der Waals surface area contributed by atoms with Gasteiger partial charge in [0.15, 0.2) is 0 Å². The van der Waals surface area contributed by atoms with E-state index in [9.17, 15) is 0 Å². The quantitative estimate of drug-likeness (QED) is 0.820. The Hall–Kier alpha value is -1.34. The second kappa shape index (κ2) is 5.83. The van der Waals surface area contributed by atoms with Crippen molar-refractivity contribution in [1.82, 2.24) is 5.32 Å². The lowest BCUT2D eigenvalue weighted by Crippen LogP contribution is -2.27. The van der Waals surface area contributed by atoms with Crippen molar-refractivity contribution in [2.75, 3.05) is 7.05 Å².